The molecular weight excluding hydrogens is 428 g/mol. The summed E-state index contributed by atoms with van der Waals surface area (Å²) in [5, 5.41) is 10.6. The fraction of sp³-hybridized carbons (Fsp3) is 0.423. The fourth-order valence-electron chi connectivity index (χ4n) is 5.29. The van der Waals surface area contributed by atoms with Crippen molar-refractivity contribution in [2.45, 2.75) is 56.5 Å². The van der Waals surface area contributed by atoms with Gasteiger partial charge in [0.05, 0.1) is 11.4 Å². The van der Waals surface area contributed by atoms with Crippen LogP contribution in [0.1, 0.15) is 49.1 Å². The molecule has 2 N–H and O–H groups in total. The van der Waals surface area contributed by atoms with E-state index in [9.17, 15) is 0 Å². The van der Waals surface area contributed by atoms with E-state index < -0.39 is 0 Å². The van der Waals surface area contributed by atoms with E-state index in [2.05, 4.69) is 38.4 Å². The van der Waals surface area contributed by atoms with E-state index >= 15 is 0 Å². The van der Waals surface area contributed by atoms with Crippen LogP contribution in [0, 0.1) is 0 Å². The van der Waals surface area contributed by atoms with Crippen molar-refractivity contribution in [3.05, 3.63) is 65.9 Å². The Kier molecular flexibility index (Phi) is 6.49. The number of anilines is 1. The van der Waals surface area contributed by atoms with Gasteiger partial charge in [-0.2, -0.15) is 0 Å². The molecule has 1 saturated carbocycles. The van der Waals surface area contributed by atoms with Crippen LogP contribution in [0.3, 0.4) is 0 Å². The van der Waals surface area contributed by atoms with Crippen molar-refractivity contribution < 1.29 is 9.90 Å². The van der Waals surface area contributed by atoms with Crippen LogP contribution < -0.4 is 5.32 Å². The molecule has 1 saturated heterocycles. The van der Waals surface area contributed by atoms with Crippen molar-refractivity contribution in [1.29, 1.82) is 0 Å². The van der Waals surface area contributed by atoms with Gasteiger partial charge in [0.1, 0.15) is 5.82 Å². The van der Waals surface area contributed by atoms with Crippen LogP contribution in [0.2, 0.25) is 0 Å². The summed E-state index contributed by atoms with van der Waals surface area (Å²) in [5.41, 5.74) is 4.87. The van der Waals surface area contributed by atoms with Crippen LogP contribution in [-0.4, -0.2) is 55.5 Å². The fourth-order valence-corrected chi connectivity index (χ4v) is 5.29. The second kappa shape index (κ2) is 9.85. The molecule has 0 aromatic carbocycles. The maximum absolute atomic E-state index is 8.36. The Morgan fingerprint density at radius 3 is 2.76 bits per heavy atom. The minimum Gasteiger partial charge on any atom is -0.483 e. The highest BCUT2D eigenvalue weighted by Gasteiger charge is 2.45. The van der Waals surface area contributed by atoms with Gasteiger partial charge in [0, 0.05) is 54.3 Å². The third-order valence-electron chi connectivity index (χ3n) is 6.97. The number of hydrogen-bond acceptors (Lipinski definition) is 7. The number of carboxylic acid groups (broad SMARTS) is 1. The molecule has 0 bridgehead atoms. The highest BCUT2D eigenvalue weighted by atomic mass is 16.3. The Hall–Kier alpha value is -3.39. The van der Waals surface area contributed by atoms with Crippen molar-refractivity contribution in [2.24, 2.45) is 0 Å². The van der Waals surface area contributed by atoms with Crippen molar-refractivity contribution in [2.75, 3.05) is 18.4 Å². The highest BCUT2D eigenvalue weighted by molar-refractivity contribution is 5.62. The van der Waals surface area contributed by atoms with Crippen LogP contribution >= 0.6 is 0 Å². The van der Waals surface area contributed by atoms with E-state index in [0.717, 1.165) is 55.4 Å². The van der Waals surface area contributed by atoms with E-state index in [0.29, 0.717) is 6.04 Å². The third kappa shape index (κ3) is 4.77. The Bertz CT molecular complexity index is 1120. The van der Waals surface area contributed by atoms with Crippen LogP contribution in [0.4, 0.5) is 5.82 Å². The molecule has 3 aromatic rings. The molecule has 8 heteroatoms. The largest absolute Gasteiger partial charge is 0.483 e. The number of fused-ring (bicyclic) bond motifs is 2. The molecule has 3 aliphatic rings. The van der Waals surface area contributed by atoms with Gasteiger partial charge >= 0.3 is 0 Å². The third-order valence-corrected chi connectivity index (χ3v) is 6.97. The summed E-state index contributed by atoms with van der Waals surface area (Å²) >= 11 is 0. The van der Waals surface area contributed by atoms with E-state index in [1.807, 2.05) is 24.5 Å². The number of hydrogen-bond donors (Lipinski definition) is 2. The first kappa shape index (κ1) is 22.4. The van der Waals surface area contributed by atoms with Gasteiger partial charge in [-0.1, -0.05) is 6.07 Å². The standard InChI is InChI=1S/C25H28N6.CH2O2/c1-2-13-27-20(6-1)16-31-14-4-10-25(17-31)11-9-21-22(25)29-23(18-5-3-12-26-15-18)30-24(21)28-19-7-8-19;2-1-3/h1-3,5-6,12-13,15,19H,4,7-11,14,16-17H2,(H,28,29,30);1H,(H,2,3). The molecule has 34 heavy (non-hydrogen) atoms. The lowest BCUT2D eigenvalue weighted by Crippen LogP contribution is -2.45. The van der Waals surface area contributed by atoms with E-state index in [4.69, 9.17) is 19.9 Å². The second-order valence-electron chi connectivity index (χ2n) is 9.40. The minimum atomic E-state index is -0.250. The molecule has 8 nitrogen and oxygen atoms in total. The molecule has 1 atom stereocenters. The normalized spacial score (nSPS) is 21.4. The summed E-state index contributed by atoms with van der Waals surface area (Å²) in [6.07, 6.45) is 12.7. The average Bonchev–Trinajstić information content (AvgIpc) is 3.62. The summed E-state index contributed by atoms with van der Waals surface area (Å²) in [4.78, 5) is 30.0. The maximum Gasteiger partial charge on any atom is 0.290 e. The molecule has 3 aromatic heterocycles. The molecule has 4 heterocycles. The molecule has 0 radical (unpaired) electrons. The predicted molar refractivity (Wildman–Crippen MR) is 129 cm³/mol. The Labute approximate surface area is 199 Å². The molecule has 2 aliphatic carbocycles. The predicted octanol–water partition coefficient (Wildman–Crippen LogP) is 3.69. The number of likely N-dealkylation sites (tertiary alicyclic amines) is 1. The molecule has 1 spiro atoms. The zero-order valence-electron chi connectivity index (χ0n) is 19.2. The number of carbonyl (C=O) groups is 1. The molecule has 1 aliphatic heterocycles. The SMILES string of the molecule is O=CO.c1ccc(CN2CCCC3(CCc4c(NC5CC5)nc(-c5cccnc5)nc43)C2)nc1. The lowest BCUT2D eigenvalue weighted by molar-refractivity contribution is -0.122. The summed E-state index contributed by atoms with van der Waals surface area (Å²) < 4.78 is 0. The lowest BCUT2D eigenvalue weighted by Gasteiger charge is -2.40. The van der Waals surface area contributed by atoms with Gasteiger partial charge in [0.2, 0.25) is 0 Å². The van der Waals surface area contributed by atoms with Gasteiger partial charge in [-0.3, -0.25) is 19.7 Å². The number of nitrogens with one attached hydrogen (secondary N) is 1. The second-order valence-corrected chi connectivity index (χ2v) is 9.40. The van der Waals surface area contributed by atoms with Gasteiger partial charge in [0.15, 0.2) is 5.82 Å². The number of rotatable bonds is 5. The number of pyridine rings is 2. The van der Waals surface area contributed by atoms with Gasteiger partial charge in [-0.15, -0.1) is 0 Å². The van der Waals surface area contributed by atoms with Gasteiger partial charge in [-0.05, 0) is 69.3 Å². The topological polar surface area (TPSA) is 104 Å². The number of piperidine rings is 1. The van der Waals surface area contributed by atoms with E-state index in [1.54, 1.807) is 6.20 Å². The highest BCUT2D eigenvalue weighted by Crippen LogP contribution is 2.47. The smallest absolute Gasteiger partial charge is 0.290 e. The summed E-state index contributed by atoms with van der Waals surface area (Å²) in [6.45, 7) is 2.83. The molecular formula is C26H30N6O2. The molecule has 6 rings (SSSR count). The summed E-state index contributed by atoms with van der Waals surface area (Å²) in [7, 11) is 0. The molecule has 0 amide bonds. The molecule has 2 fully saturated rings. The van der Waals surface area contributed by atoms with Crippen LogP contribution in [0.5, 0.6) is 0 Å². The Morgan fingerprint density at radius 2 is 2.03 bits per heavy atom. The van der Waals surface area contributed by atoms with Crippen molar-refractivity contribution in [3.63, 3.8) is 0 Å². The number of nitrogens with zero attached hydrogens (tertiary/aromatic N) is 5. The molecule has 1 unspecified atom stereocenters. The quantitative estimate of drug-likeness (QED) is 0.558. The molecule has 176 valence electrons. The van der Waals surface area contributed by atoms with Crippen molar-refractivity contribution in [1.82, 2.24) is 24.8 Å². The first-order chi connectivity index (χ1) is 16.7. The maximum atomic E-state index is 8.36. The lowest BCUT2D eigenvalue weighted by atomic mass is 9.77. The first-order valence-corrected chi connectivity index (χ1v) is 12.0. The summed E-state index contributed by atoms with van der Waals surface area (Å²) in [5.74, 6) is 1.86. The van der Waals surface area contributed by atoms with E-state index in [1.165, 1.54) is 36.9 Å². The first-order valence-electron chi connectivity index (χ1n) is 12.0. The van der Waals surface area contributed by atoms with E-state index in [-0.39, 0.29) is 11.9 Å². The van der Waals surface area contributed by atoms with Crippen LogP contribution in [-0.2, 0) is 23.2 Å². The Morgan fingerprint density at radius 1 is 1.15 bits per heavy atom. The van der Waals surface area contributed by atoms with Gasteiger partial charge in [-0.25, -0.2) is 9.97 Å². The van der Waals surface area contributed by atoms with Crippen molar-refractivity contribution >= 4 is 12.3 Å². The zero-order chi connectivity index (χ0) is 23.4. The van der Waals surface area contributed by atoms with Gasteiger partial charge < -0.3 is 10.4 Å². The Balaban J connectivity index is 0.000000764. The summed E-state index contributed by atoms with van der Waals surface area (Å²) in [6, 6.07) is 10.8. The number of aromatic nitrogens is 4. The van der Waals surface area contributed by atoms with Crippen molar-refractivity contribution in [3.8, 4) is 11.4 Å². The van der Waals surface area contributed by atoms with Crippen LogP contribution in [0.15, 0.2) is 48.9 Å². The minimum absolute atomic E-state index is 0.113. The van der Waals surface area contributed by atoms with Crippen LogP contribution in [0.25, 0.3) is 11.4 Å². The van der Waals surface area contributed by atoms with Gasteiger partial charge in [0.25, 0.3) is 6.47 Å². The monoisotopic (exact) mass is 458 g/mol. The zero-order valence-corrected chi connectivity index (χ0v) is 19.2. The average molecular weight is 459 g/mol.